The molecule has 2 aliphatic carbocycles. The number of benzene rings is 1. The van der Waals surface area contributed by atoms with Gasteiger partial charge in [-0.15, -0.1) is 0 Å². The Labute approximate surface area is 128 Å². The van der Waals surface area contributed by atoms with E-state index in [-0.39, 0.29) is 23.8 Å². The number of aliphatic carboxylic acids is 1. The average Bonchev–Trinajstić information content (AvgIpc) is 3.07. The molecule has 0 aliphatic heterocycles. The fraction of sp³-hybridized carbons (Fsp3) is 0.529. The minimum Gasteiger partial charge on any atom is -0.481 e. The normalized spacial score (nSPS) is 31.0. The van der Waals surface area contributed by atoms with E-state index in [1.165, 1.54) is 6.07 Å². The van der Waals surface area contributed by atoms with Crippen molar-refractivity contribution in [1.82, 2.24) is 5.32 Å². The van der Waals surface area contributed by atoms with Gasteiger partial charge in [0.2, 0.25) is 5.91 Å². The number of hydrogen-bond acceptors (Lipinski definition) is 2. The highest BCUT2D eigenvalue weighted by Crippen LogP contribution is 2.48. The Morgan fingerprint density at radius 2 is 1.95 bits per heavy atom. The van der Waals surface area contributed by atoms with Crippen LogP contribution < -0.4 is 5.32 Å². The molecule has 2 saturated carbocycles. The largest absolute Gasteiger partial charge is 0.481 e. The van der Waals surface area contributed by atoms with E-state index in [1.54, 1.807) is 25.1 Å². The summed E-state index contributed by atoms with van der Waals surface area (Å²) in [4.78, 5) is 23.9. The molecule has 22 heavy (non-hydrogen) atoms. The van der Waals surface area contributed by atoms with Crippen molar-refractivity contribution in [3.8, 4) is 0 Å². The predicted molar refractivity (Wildman–Crippen MR) is 78.7 cm³/mol. The molecule has 118 valence electrons. The second-order valence-corrected chi connectivity index (χ2v) is 6.47. The lowest BCUT2D eigenvalue weighted by molar-refractivity contribution is -0.144. The maximum absolute atomic E-state index is 13.8. The maximum atomic E-state index is 13.8. The smallest absolute Gasteiger partial charge is 0.308 e. The molecule has 0 spiro atoms. The maximum Gasteiger partial charge on any atom is 0.308 e. The average molecular weight is 305 g/mol. The molecule has 2 fully saturated rings. The van der Waals surface area contributed by atoms with Crippen molar-refractivity contribution in [2.24, 2.45) is 17.8 Å². The molecule has 2 bridgehead atoms. The van der Waals surface area contributed by atoms with Crippen LogP contribution in [0, 0.1) is 23.6 Å². The number of carbonyl (C=O) groups excluding carboxylic acids is 1. The zero-order valence-corrected chi connectivity index (χ0v) is 12.5. The Kier molecular flexibility index (Phi) is 3.89. The number of fused-ring (bicyclic) bond motifs is 2. The third-order valence-corrected chi connectivity index (χ3v) is 5.28. The quantitative estimate of drug-likeness (QED) is 0.898. The zero-order chi connectivity index (χ0) is 15.9. The number of carboxylic acids is 1. The molecule has 1 amide bonds. The zero-order valence-electron chi connectivity index (χ0n) is 12.5. The number of amides is 1. The summed E-state index contributed by atoms with van der Waals surface area (Å²) < 4.78 is 13.8. The molecule has 4 nitrogen and oxygen atoms in total. The van der Waals surface area contributed by atoms with E-state index >= 15 is 0 Å². The lowest BCUT2D eigenvalue weighted by Gasteiger charge is -2.30. The van der Waals surface area contributed by atoms with E-state index in [0.29, 0.717) is 5.56 Å². The Morgan fingerprint density at radius 1 is 1.27 bits per heavy atom. The van der Waals surface area contributed by atoms with Crippen LogP contribution in [0.5, 0.6) is 0 Å². The van der Waals surface area contributed by atoms with Gasteiger partial charge < -0.3 is 10.4 Å². The molecular weight excluding hydrogens is 285 g/mol. The first-order valence-corrected chi connectivity index (χ1v) is 7.76. The van der Waals surface area contributed by atoms with Crippen molar-refractivity contribution < 1.29 is 19.1 Å². The fourth-order valence-corrected chi connectivity index (χ4v) is 4.11. The van der Waals surface area contributed by atoms with Crippen molar-refractivity contribution in [2.45, 2.75) is 38.1 Å². The van der Waals surface area contributed by atoms with Crippen LogP contribution in [0.3, 0.4) is 0 Å². The number of rotatable bonds is 4. The standard InChI is InChI=1S/C17H20FNO3/c1-9(12-4-2-3-5-13(12)18)16(20)19-15-11-7-6-10(8-11)14(15)17(21)22/h2-5,9-11,14-15H,6-8H2,1H3,(H,19,20)(H,21,22). The van der Waals surface area contributed by atoms with Gasteiger partial charge in [0.25, 0.3) is 0 Å². The van der Waals surface area contributed by atoms with Crippen molar-refractivity contribution in [3.05, 3.63) is 35.6 Å². The van der Waals surface area contributed by atoms with Crippen LogP contribution in [-0.4, -0.2) is 23.0 Å². The molecule has 2 aliphatic rings. The SMILES string of the molecule is CC(C(=O)NC1C2CCC(C2)C1C(=O)O)c1ccccc1F. The van der Waals surface area contributed by atoms with Crippen LogP contribution in [0.25, 0.3) is 0 Å². The van der Waals surface area contributed by atoms with Gasteiger partial charge in [0, 0.05) is 6.04 Å². The van der Waals surface area contributed by atoms with Crippen LogP contribution in [0.2, 0.25) is 0 Å². The van der Waals surface area contributed by atoms with E-state index in [0.717, 1.165) is 19.3 Å². The summed E-state index contributed by atoms with van der Waals surface area (Å²) >= 11 is 0. The lowest BCUT2D eigenvalue weighted by Crippen LogP contribution is -2.48. The van der Waals surface area contributed by atoms with Crippen molar-refractivity contribution >= 4 is 11.9 Å². The van der Waals surface area contributed by atoms with E-state index in [1.807, 2.05) is 0 Å². The molecule has 5 atom stereocenters. The molecule has 1 aromatic rings. The second kappa shape index (κ2) is 5.71. The minimum atomic E-state index is -0.837. The Hall–Kier alpha value is -1.91. The van der Waals surface area contributed by atoms with Gasteiger partial charge in [-0.1, -0.05) is 18.2 Å². The van der Waals surface area contributed by atoms with Gasteiger partial charge in [-0.25, -0.2) is 4.39 Å². The summed E-state index contributed by atoms with van der Waals surface area (Å²) in [7, 11) is 0. The highest BCUT2D eigenvalue weighted by atomic mass is 19.1. The summed E-state index contributed by atoms with van der Waals surface area (Å²) in [6.45, 7) is 1.65. The van der Waals surface area contributed by atoms with Gasteiger partial charge in [0.15, 0.2) is 0 Å². The number of hydrogen-bond donors (Lipinski definition) is 2. The molecule has 5 heteroatoms. The monoisotopic (exact) mass is 305 g/mol. The van der Waals surface area contributed by atoms with Gasteiger partial charge >= 0.3 is 5.97 Å². The first-order valence-electron chi connectivity index (χ1n) is 7.76. The molecule has 5 unspecified atom stereocenters. The van der Waals surface area contributed by atoms with E-state index in [4.69, 9.17) is 0 Å². The number of carbonyl (C=O) groups is 2. The highest BCUT2D eigenvalue weighted by Gasteiger charge is 2.51. The molecule has 0 radical (unpaired) electrons. The summed E-state index contributed by atoms with van der Waals surface area (Å²) in [5, 5.41) is 12.3. The molecule has 3 rings (SSSR count). The van der Waals surface area contributed by atoms with E-state index in [2.05, 4.69) is 5.32 Å². The molecule has 2 N–H and O–H groups in total. The van der Waals surface area contributed by atoms with Crippen LogP contribution in [0.15, 0.2) is 24.3 Å². The molecule has 0 saturated heterocycles. The van der Waals surface area contributed by atoms with Crippen LogP contribution in [0.1, 0.15) is 37.7 Å². The topological polar surface area (TPSA) is 66.4 Å². The Bertz CT molecular complexity index is 603. The van der Waals surface area contributed by atoms with Crippen LogP contribution in [0.4, 0.5) is 4.39 Å². The second-order valence-electron chi connectivity index (χ2n) is 6.47. The first-order chi connectivity index (χ1) is 10.5. The number of nitrogens with one attached hydrogen (secondary N) is 1. The summed E-state index contributed by atoms with van der Waals surface area (Å²) in [6, 6.07) is 5.88. The van der Waals surface area contributed by atoms with Gasteiger partial charge in [-0.3, -0.25) is 9.59 Å². The fourth-order valence-electron chi connectivity index (χ4n) is 4.11. The van der Waals surface area contributed by atoms with Gasteiger partial charge in [-0.05, 0) is 49.7 Å². The van der Waals surface area contributed by atoms with Crippen LogP contribution >= 0.6 is 0 Å². The molecular formula is C17H20FNO3. The van der Waals surface area contributed by atoms with Crippen molar-refractivity contribution in [1.29, 1.82) is 0 Å². The van der Waals surface area contributed by atoms with Gasteiger partial charge in [0.05, 0.1) is 11.8 Å². The Morgan fingerprint density at radius 3 is 2.64 bits per heavy atom. The number of halogens is 1. The molecule has 0 aromatic heterocycles. The van der Waals surface area contributed by atoms with E-state index in [9.17, 15) is 19.1 Å². The third-order valence-electron chi connectivity index (χ3n) is 5.28. The van der Waals surface area contributed by atoms with Crippen molar-refractivity contribution in [2.75, 3.05) is 0 Å². The van der Waals surface area contributed by atoms with E-state index < -0.39 is 23.6 Å². The van der Waals surface area contributed by atoms with Crippen LogP contribution in [-0.2, 0) is 9.59 Å². The van der Waals surface area contributed by atoms with Crippen molar-refractivity contribution in [3.63, 3.8) is 0 Å². The first kappa shape index (κ1) is 15.0. The minimum absolute atomic E-state index is 0.163. The summed E-state index contributed by atoms with van der Waals surface area (Å²) in [6.07, 6.45) is 2.76. The summed E-state index contributed by atoms with van der Waals surface area (Å²) in [5.41, 5.74) is 0.343. The molecule has 1 aromatic carbocycles. The highest BCUT2D eigenvalue weighted by molar-refractivity contribution is 5.84. The lowest BCUT2D eigenvalue weighted by atomic mass is 9.84. The number of carboxylic acid groups (broad SMARTS) is 1. The third kappa shape index (κ3) is 2.49. The van der Waals surface area contributed by atoms with Gasteiger partial charge in [0.1, 0.15) is 5.82 Å². The predicted octanol–water partition coefficient (Wildman–Crippen LogP) is 2.54. The Balaban J connectivity index is 1.74. The van der Waals surface area contributed by atoms with Gasteiger partial charge in [-0.2, -0.15) is 0 Å². The molecule has 0 heterocycles. The summed E-state index contributed by atoms with van der Waals surface area (Å²) in [5.74, 6) is -2.28.